The molecule has 1 N–H and O–H groups in total. The molecule has 0 radical (unpaired) electrons. The summed E-state index contributed by atoms with van der Waals surface area (Å²) < 4.78 is 10.8. The van der Waals surface area contributed by atoms with Crippen molar-refractivity contribution in [3.63, 3.8) is 0 Å². The van der Waals surface area contributed by atoms with Gasteiger partial charge < -0.3 is 9.47 Å². The van der Waals surface area contributed by atoms with Gasteiger partial charge >= 0.3 is 0 Å². The van der Waals surface area contributed by atoms with E-state index < -0.39 is 0 Å². The third-order valence-corrected chi connectivity index (χ3v) is 3.85. The molecule has 0 spiro atoms. The minimum atomic E-state index is 0.0221. The topological polar surface area (TPSA) is 59.9 Å². The van der Waals surface area contributed by atoms with Crippen LogP contribution in [-0.2, 0) is 4.79 Å². The van der Waals surface area contributed by atoms with E-state index in [0.29, 0.717) is 18.1 Å². The van der Waals surface area contributed by atoms with Crippen molar-refractivity contribution in [1.29, 1.82) is 0 Å². The fraction of sp³-hybridized carbons (Fsp3) is 0.529. The standard InChI is InChI=1S/C17H24N2O3/c1-3-22-15-10-9-13(11-16(15)21-2)12-18-19-17(20)14-7-5-4-6-8-14/h9-12,14H,3-8H2,1-2H3,(H,19,20)/b18-12+. The minimum absolute atomic E-state index is 0.0221. The van der Waals surface area contributed by atoms with Gasteiger partial charge in [0.2, 0.25) is 5.91 Å². The third-order valence-electron chi connectivity index (χ3n) is 3.85. The Bertz CT molecular complexity index is 523. The van der Waals surface area contributed by atoms with E-state index >= 15 is 0 Å². The van der Waals surface area contributed by atoms with Gasteiger partial charge in [-0.1, -0.05) is 19.3 Å². The Morgan fingerprint density at radius 1 is 1.32 bits per heavy atom. The molecule has 0 atom stereocenters. The van der Waals surface area contributed by atoms with Crippen LogP contribution < -0.4 is 14.9 Å². The second-order valence-electron chi connectivity index (χ2n) is 5.41. The van der Waals surface area contributed by atoms with Crippen LogP contribution in [0.1, 0.15) is 44.6 Å². The summed E-state index contributed by atoms with van der Waals surface area (Å²) in [4.78, 5) is 12.0. The van der Waals surface area contributed by atoms with Crippen LogP contribution in [0.4, 0.5) is 0 Å². The van der Waals surface area contributed by atoms with E-state index in [1.807, 2.05) is 25.1 Å². The predicted octanol–water partition coefficient (Wildman–Crippen LogP) is 3.12. The van der Waals surface area contributed by atoms with E-state index in [9.17, 15) is 4.79 Å². The SMILES string of the molecule is CCOc1ccc(/C=N/NC(=O)C2CCCCC2)cc1OC. The lowest BCUT2D eigenvalue weighted by Gasteiger charge is -2.19. The van der Waals surface area contributed by atoms with Gasteiger partial charge in [-0.25, -0.2) is 5.43 Å². The minimum Gasteiger partial charge on any atom is -0.493 e. The average molecular weight is 304 g/mol. The second kappa shape index (κ2) is 8.41. The summed E-state index contributed by atoms with van der Waals surface area (Å²) in [6.07, 6.45) is 7.07. The summed E-state index contributed by atoms with van der Waals surface area (Å²) in [5, 5.41) is 4.05. The zero-order valence-electron chi connectivity index (χ0n) is 13.3. The van der Waals surface area contributed by atoms with Gasteiger partial charge in [0.05, 0.1) is 19.9 Å². The normalized spacial score (nSPS) is 15.7. The molecule has 0 heterocycles. The Morgan fingerprint density at radius 3 is 2.77 bits per heavy atom. The van der Waals surface area contributed by atoms with Crippen molar-refractivity contribution in [2.24, 2.45) is 11.0 Å². The summed E-state index contributed by atoms with van der Waals surface area (Å²) in [6, 6.07) is 5.55. The second-order valence-corrected chi connectivity index (χ2v) is 5.41. The van der Waals surface area contributed by atoms with Crippen molar-refractivity contribution in [1.82, 2.24) is 5.43 Å². The third kappa shape index (κ3) is 4.48. The summed E-state index contributed by atoms with van der Waals surface area (Å²) in [5.41, 5.74) is 3.49. The van der Waals surface area contributed by atoms with Gasteiger partial charge in [0.25, 0.3) is 0 Å². The van der Waals surface area contributed by atoms with Gasteiger partial charge in [-0.2, -0.15) is 5.10 Å². The van der Waals surface area contributed by atoms with Crippen molar-refractivity contribution in [2.75, 3.05) is 13.7 Å². The molecule has 5 heteroatoms. The van der Waals surface area contributed by atoms with Gasteiger partial charge in [-0.05, 0) is 43.5 Å². The number of rotatable bonds is 6. The summed E-state index contributed by atoms with van der Waals surface area (Å²) in [7, 11) is 1.60. The van der Waals surface area contributed by atoms with E-state index in [1.54, 1.807) is 13.3 Å². The Balaban J connectivity index is 1.93. The van der Waals surface area contributed by atoms with E-state index in [2.05, 4.69) is 10.5 Å². The number of benzene rings is 1. The van der Waals surface area contributed by atoms with Crippen molar-refractivity contribution >= 4 is 12.1 Å². The van der Waals surface area contributed by atoms with Crippen LogP contribution in [0.5, 0.6) is 11.5 Å². The molecule has 22 heavy (non-hydrogen) atoms. The van der Waals surface area contributed by atoms with Gasteiger partial charge in [0.15, 0.2) is 11.5 Å². The molecule has 0 aliphatic heterocycles. The molecule has 120 valence electrons. The monoisotopic (exact) mass is 304 g/mol. The molecule has 2 rings (SSSR count). The highest BCUT2D eigenvalue weighted by Crippen LogP contribution is 2.27. The zero-order valence-corrected chi connectivity index (χ0v) is 13.3. The van der Waals surface area contributed by atoms with Crippen LogP contribution in [0, 0.1) is 5.92 Å². The molecule has 0 saturated heterocycles. The lowest BCUT2D eigenvalue weighted by Crippen LogP contribution is -2.28. The number of carbonyl (C=O) groups excluding carboxylic acids is 1. The molecule has 0 aromatic heterocycles. The molecule has 1 aliphatic carbocycles. The molecule has 0 bridgehead atoms. The lowest BCUT2D eigenvalue weighted by molar-refractivity contribution is -0.125. The van der Waals surface area contributed by atoms with Gasteiger partial charge in [-0.15, -0.1) is 0 Å². The largest absolute Gasteiger partial charge is 0.493 e. The molecule has 1 aromatic carbocycles. The maximum Gasteiger partial charge on any atom is 0.243 e. The molecular weight excluding hydrogens is 280 g/mol. The van der Waals surface area contributed by atoms with Crippen LogP contribution in [0.2, 0.25) is 0 Å². The smallest absolute Gasteiger partial charge is 0.243 e. The lowest BCUT2D eigenvalue weighted by atomic mass is 9.89. The quantitative estimate of drug-likeness (QED) is 0.649. The van der Waals surface area contributed by atoms with Crippen molar-refractivity contribution in [2.45, 2.75) is 39.0 Å². The summed E-state index contributed by atoms with van der Waals surface area (Å²) in [6.45, 7) is 2.51. The van der Waals surface area contributed by atoms with Gasteiger partial charge in [0.1, 0.15) is 0 Å². The number of carbonyl (C=O) groups is 1. The number of nitrogens with one attached hydrogen (secondary N) is 1. The summed E-state index contributed by atoms with van der Waals surface area (Å²) in [5.74, 6) is 1.49. The number of hydrogen-bond donors (Lipinski definition) is 1. The first kappa shape index (κ1) is 16.3. The Hall–Kier alpha value is -2.04. The first-order chi connectivity index (χ1) is 10.7. The number of hydrogen-bond acceptors (Lipinski definition) is 4. The van der Waals surface area contributed by atoms with E-state index in [0.717, 1.165) is 31.2 Å². The first-order valence-corrected chi connectivity index (χ1v) is 7.88. The molecule has 1 fully saturated rings. The van der Waals surface area contributed by atoms with E-state index in [-0.39, 0.29) is 11.8 Å². The maximum absolute atomic E-state index is 12.0. The van der Waals surface area contributed by atoms with Crippen molar-refractivity contribution < 1.29 is 14.3 Å². The number of amides is 1. The van der Waals surface area contributed by atoms with Gasteiger partial charge in [-0.3, -0.25) is 4.79 Å². The maximum atomic E-state index is 12.0. The Morgan fingerprint density at radius 2 is 2.09 bits per heavy atom. The highest BCUT2D eigenvalue weighted by atomic mass is 16.5. The van der Waals surface area contributed by atoms with Crippen LogP contribution >= 0.6 is 0 Å². The number of nitrogens with zero attached hydrogens (tertiary/aromatic N) is 1. The number of ether oxygens (including phenoxy) is 2. The van der Waals surface area contributed by atoms with E-state index in [4.69, 9.17) is 9.47 Å². The van der Waals surface area contributed by atoms with Crippen LogP contribution in [0.15, 0.2) is 23.3 Å². The summed E-state index contributed by atoms with van der Waals surface area (Å²) >= 11 is 0. The molecule has 1 aromatic rings. The molecule has 1 saturated carbocycles. The molecular formula is C17H24N2O3. The molecule has 5 nitrogen and oxygen atoms in total. The van der Waals surface area contributed by atoms with E-state index in [1.165, 1.54) is 6.42 Å². The predicted molar refractivity (Wildman–Crippen MR) is 86.5 cm³/mol. The fourth-order valence-corrected chi connectivity index (χ4v) is 2.67. The van der Waals surface area contributed by atoms with Crippen LogP contribution in [0.25, 0.3) is 0 Å². The van der Waals surface area contributed by atoms with Crippen molar-refractivity contribution in [3.8, 4) is 11.5 Å². The Labute approximate surface area is 131 Å². The van der Waals surface area contributed by atoms with Crippen LogP contribution in [-0.4, -0.2) is 25.8 Å². The van der Waals surface area contributed by atoms with Crippen molar-refractivity contribution in [3.05, 3.63) is 23.8 Å². The first-order valence-electron chi connectivity index (χ1n) is 7.88. The average Bonchev–Trinajstić information content (AvgIpc) is 2.57. The molecule has 1 amide bonds. The Kier molecular flexibility index (Phi) is 6.25. The highest BCUT2D eigenvalue weighted by Gasteiger charge is 2.20. The number of methoxy groups -OCH3 is 1. The molecule has 1 aliphatic rings. The number of hydrazone groups is 1. The van der Waals surface area contributed by atoms with Crippen LogP contribution in [0.3, 0.4) is 0 Å². The zero-order chi connectivity index (χ0) is 15.8. The highest BCUT2D eigenvalue weighted by molar-refractivity contribution is 5.84. The van der Waals surface area contributed by atoms with Gasteiger partial charge in [0, 0.05) is 5.92 Å². The molecule has 0 unspecified atom stereocenters. The fourth-order valence-electron chi connectivity index (χ4n) is 2.67.